The van der Waals surface area contributed by atoms with E-state index in [0.717, 1.165) is 41.9 Å². The summed E-state index contributed by atoms with van der Waals surface area (Å²) >= 11 is 0. The molecule has 4 aromatic rings. The van der Waals surface area contributed by atoms with E-state index in [9.17, 15) is 0 Å². The quantitative estimate of drug-likeness (QED) is 0.182. The second-order valence-electron chi connectivity index (χ2n) is 17.9. The summed E-state index contributed by atoms with van der Waals surface area (Å²) in [5.74, 6) is 0. The smallest absolute Gasteiger partial charge is 0.116 e. The predicted octanol–water partition coefficient (Wildman–Crippen LogP) is 9.95. The molecule has 7 heteroatoms. The van der Waals surface area contributed by atoms with Crippen LogP contribution in [0.3, 0.4) is 0 Å². The van der Waals surface area contributed by atoms with Crippen LogP contribution in [0.25, 0.3) is 18.2 Å². The van der Waals surface area contributed by atoms with Crippen molar-refractivity contribution in [1.82, 2.24) is 29.9 Å². The lowest BCUT2D eigenvalue weighted by atomic mass is 9.84. The fourth-order valence-corrected chi connectivity index (χ4v) is 6.79. The van der Waals surface area contributed by atoms with Gasteiger partial charge in [-0.15, -0.1) is 0 Å². The molecule has 5 heterocycles. The summed E-state index contributed by atoms with van der Waals surface area (Å²) in [5, 5.41) is 0. The van der Waals surface area contributed by atoms with E-state index in [2.05, 4.69) is 167 Å². The van der Waals surface area contributed by atoms with Crippen molar-refractivity contribution < 1.29 is 0 Å². The molecule has 3 aliphatic carbocycles. The van der Waals surface area contributed by atoms with Crippen LogP contribution in [0.5, 0.6) is 0 Å². The number of rotatable bonds is 0. The number of hydrogen-bond acceptors (Lipinski definition) is 7. The molecule has 272 valence electrons. The normalized spacial score (nSPS) is 14.7. The van der Waals surface area contributed by atoms with Gasteiger partial charge in [0.2, 0.25) is 0 Å². The molecule has 0 N–H and O–H groups in total. The Morgan fingerprint density at radius 3 is 1.27 bits per heavy atom. The molecular formula is C45H57N7. The minimum absolute atomic E-state index is 0.0728. The average Bonchev–Trinajstić information content (AvgIpc) is 3.89. The van der Waals surface area contributed by atoms with E-state index in [1.165, 1.54) is 44.9 Å². The topological polar surface area (TPSA) is 89.7 Å². The van der Waals surface area contributed by atoms with Gasteiger partial charge in [-0.05, 0) is 45.2 Å². The molecule has 52 heavy (non-hydrogen) atoms. The first-order valence-corrected chi connectivity index (χ1v) is 18.5. The fraction of sp³-hybridized carbons (Fsp3) is 0.444. The Hall–Kier alpha value is -4.65. The molecule has 0 amide bonds. The molecule has 0 saturated heterocycles. The third kappa shape index (κ3) is 9.04. The molecule has 8 rings (SSSR count). The van der Waals surface area contributed by atoms with Gasteiger partial charge in [-0.25, -0.2) is 19.9 Å². The second kappa shape index (κ2) is 15.1. The Kier molecular flexibility index (Phi) is 11.2. The van der Waals surface area contributed by atoms with E-state index >= 15 is 0 Å². The zero-order valence-electron chi connectivity index (χ0n) is 33.5. The van der Waals surface area contributed by atoms with Crippen LogP contribution in [0.1, 0.15) is 151 Å². The van der Waals surface area contributed by atoms with Crippen molar-refractivity contribution in [2.45, 2.75) is 131 Å². The Bertz CT molecular complexity index is 1730. The minimum Gasteiger partial charge on any atom is -0.286 e. The third-order valence-corrected chi connectivity index (χ3v) is 9.36. The summed E-state index contributed by atoms with van der Waals surface area (Å²) in [5.41, 5.74) is 15.4. The molecule has 0 atom stereocenters. The average molecular weight is 696 g/mol. The number of hydrogen-bond donors (Lipinski definition) is 0. The number of allylic oxidation sites excluding steroid dienone is 3. The molecule has 0 spiro atoms. The van der Waals surface area contributed by atoms with Gasteiger partial charge in [-0.2, -0.15) is 0 Å². The first kappa shape index (κ1) is 38.6. The third-order valence-electron chi connectivity index (χ3n) is 9.36. The summed E-state index contributed by atoms with van der Waals surface area (Å²) in [6.07, 6.45) is 25.0. The highest BCUT2D eigenvalue weighted by Gasteiger charge is 2.25. The van der Waals surface area contributed by atoms with Crippen molar-refractivity contribution in [3.8, 4) is 0 Å². The predicted molar refractivity (Wildman–Crippen MR) is 217 cm³/mol. The first-order chi connectivity index (χ1) is 24.4. The number of aromatic nitrogens is 6. The molecule has 4 aromatic heterocycles. The van der Waals surface area contributed by atoms with Crippen LogP contribution in [-0.4, -0.2) is 36.1 Å². The molecule has 0 fully saturated rings. The van der Waals surface area contributed by atoms with E-state index in [4.69, 9.17) is 0 Å². The lowest BCUT2D eigenvalue weighted by Gasteiger charge is -2.21. The van der Waals surface area contributed by atoms with Crippen LogP contribution in [0.15, 0.2) is 60.4 Å². The van der Waals surface area contributed by atoms with Crippen LogP contribution in [-0.2, 0) is 47.5 Å². The van der Waals surface area contributed by atoms with Crippen LogP contribution < -0.4 is 0 Å². The zero-order valence-corrected chi connectivity index (χ0v) is 33.5. The molecule has 0 unspecified atom stereocenters. The van der Waals surface area contributed by atoms with Crippen molar-refractivity contribution in [2.75, 3.05) is 0 Å². The van der Waals surface area contributed by atoms with Crippen LogP contribution in [0.4, 0.5) is 0 Å². The molecule has 7 nitrogen and oxygen atoms in total. The van der Waals surface area contributed by atoms with Crippen molar-refractivity contribution in [2.24, 2.45) is 4.99 Å². The summed E-state index contributed by atoms with van der Waals surface area (Å²) in [6, 6.07) is 4.27. The Morgan fingerprint density at radius 2 is 0.827 bits per heavy atom. The highest BCUT2D eigenvalue weighted by atomic mass is 14.9. The molecule has 0 saturated carbocycles. The number of nitrogens with zero attached hydrogens (tertiary/aromatic N) is 7. The van der Waals surface area contributed by atoms with E-state index in [1.807, 2.05) is 18.6 Å². The van der Waals surface area contributed by atoms with Gasteiger partial charge in [0.15, 0.2) is 0 Å². The highest BCUT2D eigenvalue weighted by molar-refractivity contribution is 5.85. The second-order valence-corrected chi connectivity index (χ2v) is 17.9. The lowest BCUT2D eigenvalue weighted by Crippen LogP contribution is -2.17. The van der Waals surface area contributed by atoms with Crippen molar-refractivity contribution >= 4 is 24.4 Å². The maximum absolute atomic E-state index is 4.37. The highest BCUT2D eigenvalue weighted by Crippen LogP contribution is 2.32. The van der Waals surface area contributed by atoms with Gasteiger partial charge >= 0.3 is 0 Å². The largest absolute Gasteiger partial charge is 0.286 e. The Labute approximate surface area is 312 Å². The van der Waals surface area contributed by atoms with Crippen LogP contribution >= 0.6 is 0 Å². The van der Waals surface area contributed by atoms with Crippen molar-refractivity contribution in [3.63, 3.8) is 0 Å². The van der Waals surface area contributed by atoms with E-state index in [1.54, 1.807) is 12.7 Å². The lowest BCUT2D eigenvalue weighted by molar-refractivity contribution is 0.564. The van der Waals surface area contributed by atoms with Crippen LogP contribution in [0.2, 0.25) is 0 Å². The monoisotopic (exact) mass is 695 g/mol. The van der Waals surface area contributed by atoms with E-state index in [-0.39, 0.29) is 21.7 Å². The maximum atomic E-state index is 4.37. The van der Waals surface area contributed by atoms with Crippen LogP contribution in [0, 0.1) is 0 Å². The van der Waals surface area contributed by atoms with E-state index in [0.29, 0.717) is 6.54 Å². The summed E-state index contributed by atoms with van der Waals surface area (Å²) < 4.78 is 0. The summed E-state index contributed by atoms with van der Waals surface area (Å²) in [7, 11) is 0. The zero-order chi connectivity index (χ0) is 37.9. The first-order valence-electron chi connectivity index (χ1n) is 18.5. The van der Waals surface area contributed by atoms with Gasteiger partial charge in [-0.1, -0.05) is 120 Å². The van der Waals surface area contributed by atoms with Gasteiger partial charge in [0.05, 0.1) is 40.7 Å². The molecule has 0 bridgehead atoms. The molecule has 1 aliphatic heterocycles. The van der Waals surface area contributed by atoms with Gasteiger partial charge in [0, 0.05) is 59.8 Å². The molecule has 4 aliphatic rings. The van der Waals surface area contributed by atoms with Gasteiger partial charge < -0.3 is 0 Å². The molecule has 0 aromatic carbocycles. The SMILES string of the molecule is CC(C)(C)c1ccnc2c1C=CC2.CC(C)(C)c1ccnc2c1C=CC2.CC(C)(C)c1ncnc2c1C=CC2.CC(C)(C)c1ncnc2c1C=NC2. The Morgan fingerprint density at radius 1 is 0.423 bits per heavy atom. The molecular weight excluding hydrogens is 639 g/mol. The summed E-state index contributed by atoms with van der Waals surface area (Å²) in [6.45, 7) is 27.2. The van der Waals surface area contributed by atoms with Crippen molar-refractivity contribution in [3.05, 3.63) is 123 Å². The Balaban J connectivity index is 0.000000134. The van der Waals surface area contributed by atoms with Gasteiger partial charge in [-0.3, -0.25) is 15.0 Å². The number of fused-ring (bicyclic) bond motifs is 4. The number of aliphatic imine (C=N–C) groups is 1. The minimum atomic E-state index is 0.0728. The van der Waals surface area contributed by atoms with E-state index < -0.39 is 0 Å². The van der Waals surface area contributed by atoms with Crippen molar-refractivity contribution in [1.29, 1.82) is 0 Å². The fourth-order valence-electron chi connectivity index (χ4n) is 6.79. The van der Waals surface area contributed by atoms with Gasteiger partial charge in [0.1, 0.15) is 12.7 Å². The maximum Gasteiger partial charge on any atom is 0.116 e. The number of pyridine rings is 2. The standard InChI is InChI=1S/2C12H15N.C11H14N2.C10H13N3/c2*1-12(2,3)10-7-8-13-11-6-4-5-9(10)11;1-11(2,3)10-8-5-4-6-9(8)12-7-13-10;1-10(2,3)9-7-4-11-5-8(7)12-6-13-9/h2*4-5,7-8H,6H2,1-3H3;4-5,7H,6H2,1-3H3;4,6H,5H2,1-3H3. The summed E-state index contributed by atoms with van der Waals surface area (Å²) in [4.78, 5) is 30.1. The molecule has 0 radical (unpaired) electrons. The van der Waals surface area contributed by atoms with Gasteiger partial charge in [0.25, 0.3) is 0 Å².